The first kappa shape index (κ1) is 12.5. The molecule has 0 unspecified atom stereocenters. The lowest BCUT2D eigenvalue weighted by Crippen LogP contribution is -2.07. The molecule has 0 bridgehead atoms. The van der Waals surface area contributed by atoms with E-state index >= 15 is 0 Å². The van der Waals surface area contributed by atoms with Crippen LogP contribution >= 0.6 is 0 Å². The molecular weight excluding hydrogens is 208 g/mol. The number of rotatable bonds is 7. The van der Waals surface area contributed by atoms with Gasteiger partial charge in [0.25, 0.3) is 0 Å². The predicted molar refractivity (Wildman–Crippen MR) is 60.1 cm³/mol. The first-order chi connectivity index (χ1) is 7.77. The molecule has 0 aliphatic rings. The Morgan fingerprint density at radius 3 is 2.75 bits per heavy atom. The van der Waals surface area contributed by atoms with Crippen molar-refractivity contribution in [1.82, 2.24) is 0 Å². The molecule has 1 rings (SSSR count). The van der Waals surface area contributed by atoms with Gasteiger partial charge in [-0.15, -0.1) is 0 Å². The zero-order valence-electron chi connectivity index (χ0n) is 9.31. The minimum Gasteiger partial charge on any atom is -0.504 e. The maximum atomic E-state index is 10.4. The van der Waals surface area contributed by atoms with Gasteiger partial charge >= 0.3 is 0 Å². The Morgan fingerprint density at radius 2 is 2.12 bits per heavy atom. The lowest BCUT2D eigenvalue weighted by Gasteiger charge is -2.08. The van der Waals surface area contributed by atoms with Gasteiger partial charge < -0.3 is 14.6 Å². The van der Waals surface area contributed by atoms with E-state index in [0.29, 0.717) is 37.4 Å². The molecule has 0 spiro atoms. The van der Waals surface area contributed by atoms with Crippen LogP contribution in [0.2, 0.25) is 0 Å². The summed E-state index contributed by atoms with van der Waals surface area (Å²) >= 11 is 0. The van der Waals surface area contributed by atoms with Crippen molar-refractivity contribution in [2.75, 3.05) is 19.8 Å². The number of carbonyl (C=O) groups is 1. The van der Waals surface area contributed by atoms with E-state index in [4.69, 9.17) is 9.47 Å². The Labute approximate surface area is 94.8 Å². The van der Waals surface area contributed by atoms with Gasteiger partial charge in [-0.05, 0) is 24.6 Å². The van der Waals surface area contributed by atoms with Gasteiger partial charge in [-0.25, -0.2) is 0 Å². The molecule has 0 amide bonds. The first-order valence-electron chi connectivity index (χ1n) is 5.26. The number of carbonyl (C=O) groups excluding carboxylic acids is 1. The second-order valence-corrected chi connectivity index (χ2v) is 3.31. The van der Waals surface area contributed by atoms with Crippen LogP contribution in [0.4, 0.5) is 0 Å². The lowest BCUT2D eigenvalue weighted by molar-refractivity contribution is 0.0995. The molecule has 1 aromatic rings. The largest absolute Gasteiger partial charge is 0.504 e. The van der Waals surface area contributed by atoms with E-state index in [1.165, 1.54) is 6.07 Å². The second kappa shape index (κ2) is 6.85. The standard InChI is InChI=1S/C12H16O4/c1-2-5-15-6-7-16-12-4-3-10(9-13)8-11(12)14/h3-4,8-9,14H,2,5-7H2,1H3. The van der Waals surface area contributed by atoms with Crippen molar-refractivity contribution < 1.29 is 19.4 Å². The molecule has 0 radical (unpaired) electrons. The summed E-state index contributed by atoms with van der Waals surface area (Å²) in [5.74, 6) is 0.339. The molecule has 0 aliphatic carbocycles. The summed E-state index contributed by atoms with van der Waals surface area (Å²) in [6, 6.07) is 4.53. The normalized spacial score (nSPS) is 10.1. The molecule has 4 heteroatoms. The van der Waals surface area contributed by atoms with E-state index in [1.54, 1.807) is 12.1 Å². The summed E-state index contributed by atoms with van der Waals surface area (Å²) < 4.78 is 10.5. The van der Waals surface area contributed by atoms with Crippen LogP contribution in [-0.4, -0.2) is 31.2 Å². The fourth-order valence-electron chi connectivity index (χ4n) is 1.19. The van der Waals surface area contributed by atoms with E-state index in [2.05, 4.69) is 0 Å². The number of aldehydes is 1. The van der Waals surface area contributed by atoms with Crippen molar-refractivity contribution in [2.24, 2.45) is 0 Å². The average molecular weight is 224 g/mol. The highest BCUT2D eigenvalue weighted by Crippen LogP contribution is 2.25. The predicted octanol–water partition coefficient (Wildman–Crippen LogP) is 2.01. The Hall–Kier alpha value is -1.55. The summed E-state index contributed by atoms with van der Waals surface area (Å²) in [6.07, 6.45) is 1.65. The van der Waals surface area contributed by atoms with E-state index < -0.39 is 0 Å². The van der Waals surface area contributed by atoms with E-state index in [-0.39, 0.29) is 5.75 Å². The number of phenolic OH excluding ortho intramolecular Hbond substituents is 1. The van der Waals surface area contributed by atoms with Crippen LogP contribution in [0.1, 0.15) is 23.7 Å². The highest BCUT2D eigenvalue weighted by atomic mass is 16.5. The van der Waals surface area contributed by atoms with Crippen molar-refractivity contribution in [1.29, 1.82) is 0 Å². The minimum atomic E-state index is -0.0277. The van der Waals surface area contributed by atoms with Crippen molar-refractivity contribution in [3.63, 3.8) is 0 Å². The monoisotopic (exact) mass is 224 g/mol. The smallest absolute Gasteiger partial charge is 0.161 e. The number of benzene rings is 1. The third kappa shape index (κ3) is 3.90. The van der Waals surface area contributed by atoms with Gasteiger partial charge in [0.1, 0.15) is 12.9 Å². The van der Waals surface area contributed by atoms with Gasteiger partial charge in [0.2, 0.25) is 0 Å². The molecule has 0 saturated carbocycles. The Kier molecular flexibility index (Phi) is 5.36. The highest BCUT2D eigenvalue weighted by molar-refractivity contribution is 5.76. The lowest BCUT2D eigenvalue weighted by atomic mass is 10.2. The molecule has 4 nitrogen and oxygen atoms in total. The van der Waals surface area contributed by atoms with Gasteiger partial charge in [-0.3, -0.25) is 4.79 Å². The van der Waals surface area contributed by atoms with Crippen LogP contribution in [0.5, 0.6) is 11.5 Å². The maximum Gasteiger partial charge on any atom is 0.161 e. The van der Waals surface area contributed by atoms with Gasteiger partial charge in [-0.2, -0.15) is 0 Å². The molecule has 16 heavy (non-hydrogen) atoms. The topological polar surface area (TPSA) is 55.8 Å². The molecular formula is C12H16O4. The zero-order valence-corrected chi connectivity index (χ0v) is 9.31. The van der Waals surface area contributed by atoms with Gasteiger partial charge in [0, 0.05) is 12.2 Å². The van der Waals surface area contributed by atoms with Crippen LogP contribution in [0, 0.1) is 0 Å². The minimum absolute atomic E-state index is 0.0277. The number of hydrogen-bond acceptors (Lipinski definition) is 4. The van der Waals surface area contributed by atoms with Crippen molar-refractivity contribution >= 4 is 6.29 Å². The second-order valence-electron chi connectivity index (χ2n) is 3.31. The summed E-state index contributed by atoms with van der Waals surface area (Å²) in [5, 5.41) is 9.50. The molecule has 0 heterocycles. The van der Waals surface area contributed by atoms with Crippen molar-refractivity contribution in [3.8, 4) is 11.5 Å². The average Bonchev–Trinajstić information content (AvgIpc) is 2.30. The molecule has 0 atom stereocenters. The van der Waals surface area contributed by atoms with Crippen molar-refractivity contribution in [2.45, 2.75) is 13.3 Å². The molecule has 1 aromatic carbocycles. The Morgan fingerprint density at radius 1 is 1.31 bits per heavy atom. The fourth-order valence-corrected chi connectivity index (χ4v) is 1.19. The Balaban J connectivity index is 2.39. The number of phenols is 1. The summed E-state index contributed by atoms with van der Waals surface area (Å²) in [4.78, 5) is 10.4. The maximum absolute atomic E-state index is 10.4. The number of aromatic hydroxyl groups is 1. The highest BCUT2D eigenvalue weighted by Gasteiger charge is 2.02. The fraction of sp³-hybridized carbons (Fsp3) is 0.417. The number of ether oxygens (including phenoxy) is 2. The van der Waals surface area contributed by atoms with Gasteiger partial charge in [-0.1, -0.05) is 6.92 Å². The van der Waals surface area contributed by atoms with E-state index in [1.807, 2.05) is 6.92 Å². The van der Waals surface area contributed by atoms with Crippen molar-refractivity contribution in [3.05, 3.63) is 23.8 Å². The van der Waals surface area contributed by atoms with Gasteiger partial charge in [0.05, 0.1) is 6.61 Å². The SMILES string of the molecule is CCCOCCOc1ccc(C=O)cc1O. The van der Waals surface area contributed by atoms with Crippen LogP contribution < -0.4 is 4.74 Å². The third-order valence-electron chi connectivity index (χ3n) is 1.95. The third-order valence-corrected chi connectivity index (χ3v) is 1.95. The summed E-state index contributed by atoms with van der Waals surface area (Å²) in [7, 11) is 0. The van der Waals surface area contributed by atoms with Gasteiger partial charge in [0.15, 0.2) is 11.5 Å². The van der Waals surface area contributed by atoms with E-state index in [0.717, 1.165) is 6.42 Å². The van der Waals surface area contributed by atoms with Crippen LogP contribution in [0.3, 0.4) is 0 Å². The molecule has 0 aliphatic heterocycles. The summed E-state index contributed by atoms with van der Waals surface area (Å²) in [6.45, 7) is 3.61. The number of hydrogen-bond donors (Lipinski definition) is 1. The molecule has 1 N–H and O–H groups in total. The first-order valence-corrected chi connectivity index (χ1v) is 5.26. The van der Waals surface area contributed by atoms with Crippen LogP contribution in [0.25, 0.3) is 0 Å². The molecule has 0 fully saturated rings. The van der Waals surface area contributed by atoms with Crippen LogP contribution in [-0.2, 0) is 4.74 Å². The van der Waals surface area contributed by atoms with Crippen LogP contribution in [0.15, 0.2) is 18.2 Å². The quantitative estimate of drug-likeness (QED) is 0.568. The Bertz CT molecular complexity index is 336. The molecule has 0 saturated heterocycles. The zero-order chi connectivity index (χ0) is 11.8. The van der Waals surface area contributed by atoms with E-state index in [9.17, 15) is 9.90 Å². The molecule has 0 aromatic heterocycles. The summed E-state index contributed by atoms with van der Waals surface area (Å²) in [5.41, 5.74) is 0.423. The molecule has 88 valence electrons.